The van der Waals surface area contributed by atoms with E-state index in [2.05, 4.69) is 37.5 Å². The summed E-state index contributed by atoms with van der Waals surface area (Å²) in [5, 5.41) is 25.3. The summed E-state index contributed by atoms with van der Waals surface area (Å²) in [6.07, 6.45) is 5.01. The zero-order chi connectivity index (χ0) is 28.1. The summed E-state index contributed by atoms with van der Waals surface area (Å²) >= 11 is 0. The second kappa shape index (κ2) is 12.1. The molecule has 2 aliphatic rings. The number of hydrogen-bond acceptors (Lipinski definition) is 6. The van der Waals surface area contributed by atoms with E-state index in [1.807, 2.05) is 0 Å². The number of methoxy groups -OCH3 is 1. The quantitative estimate of drug-likeness (QED) is 0.455. The van der Waals surface area contributed by atoms with Crippen LogP contribution in [0.4, 0.5) is 0 Å². The lowest BCUT2D eigenvalue weighted by Crippen LogP contribution is -2.49. The molecule has 9 nitrogen and oxygen atoms in total. The number of benzene rings is 1. The lowest BCUT2D eigenvalue weighted by molar-refractivity contribution is -0.150. The van der Waals surface area contributed by atoms with E-state index in [0.717, 1.165) is 12.8 Å². The minimum Gasteiger partial charge on any atom is -0.496 e. The molecule has 0 unspecified atom stereocenters. The van der Waals surface area contributed by atoms with Crippen LogP contribution in [0.3, 0.4) is 0 Å². The van der Waals surface area contributed by atoms with Crippen molar-refractivity contribution in [3.8, 4) is 17.6 Å². The first kappa shape index (κ1) is 29.3. The van der Waals surface area contributed by atoms with Gasteiger partial charge in [-0.3, -0.25) is 14.4 Å². The predicted octanol–water partition coefficient (Wildman–Crippen LogP) is 4.43. The van der Waals surface area contributed by atoms with Crippen LogP contribution in [-0.4, -0.2) is 48.7 Å². The zero-order valence-corrected chi connectivity index (χ0v) is 23.2. The molecule has 38 heavy (non-hydrogen) atoms. The number of ether oxygens (including phenoxy) is 2. The van der Waals surface area contributed by atoms with Crippen molar-refractivity contribution in [2.45, 2.75) is 91.2 Å². The Labute approximate surface area is 225 Å². The normalized spacial score (nSPS) is 25.5. The number of nitrogens with zero attached hydrogens (tertiary/aromatic N) is 1. The Bertz CT molecular complexity index is 1080. The summed E-state index contributed by atoms with van der Waals surface area (Å²) < 4.78 is 11.6. The minimum atomic E-state index is -0.815. The molecule has 2 fully saturated rings. The molecule has 2 amide bonds. The lowest BCUT2D eigenvalue weighted by Gasteiger charge is -2.34. The van der Waals surface area contributed by atoms with Gasteiger partial charge in [0.15, 0.2) is 0 Å². The monoisotopic (exact) mass is 527 g/mol. The van der Waals surface area contributed by atoms with E-state index in [4.69, 9.17) is 9.47 Å². The summed E-state index contributed by atoms with van der Waals surface area (Å²) in [7, 11) is 1.44. The molecule has 0 radical (unpaired) electrons. The Kier molecular flexibility index (Phi) is 9.29. The molecule has 0 spiro atoms. The summed E-state index contributed by atoms with van der Waals surface area (Å²) in [4.78, 5) is 38.0. The molecule has 0 saturated heterocycles. The van der Waals surface area contributed by atoms with Crippen molar-refractivity contribution in [2.24, 2.45) is 16.7 Å². The molecule has 1 aromatic rings. The highest BCUT2D eigenvalue weighted by atomic mass is 16.5. The molecule has 3 N–H and O–H groups in total. The van der Waals surface area contributed by atoms with E-state index in [9.17, 15) is 24.8 Å². The molecule has 9 heteroatoms. The Balaban J connectivity index is 1.77. The highest BCUT2D eigenvalue weighted by Gasteiger charge is 2.38. The van der Waals surface area contributed by atoms with Crippen molar-refractivity contribution < 1.29 is 29.0 Å². The maximum absolute atomic E-state index is 13.5. The Hall–Kier alpha value is -3.28. The topological polar surface area (TPSA) is 138 Å². The fraction of sp³-hybridized carbons (Fsp3) is 0.655. The average Bonchev–Trinajstić information content (AvgIpc) is 2.88. The van der Waals surface area contributed by atoms with Crippen LogP contribution in [0.5, 0.6) is 11.5 Å². The number of carboxylic acids is 1. The smallest absolute Gasteiger partial charge is 0.309 e. The van der Waals surface area contributed by atoms with E-state index in [1.165, 1.54) is 19.2 Å². The van der Waals surface area contributed by atoms with Crippen LogP contribution in [0.15, 0.2) is 12.1 Å². The van der Waals surface area contributed by atoms with Crippen molar-refractivity contribution >= 4 is 17.8 Å². The van der Waals surface area contributed by atoms with E-state index in [0.29, 0.717) is 45.1 Å². The van der Waals surface area contributed by atoms with Crippen molar-refractivity contribution in [3.63, 3.8) is 0 Å². The van der Waals surface area contributed by atoms with Crippen LogP contribution in [-0.2, 0) is 9.59 Å². The molecule has 0 aromatic heterocycles. The van der Waals surface area contributed by atoms with Gasteiger partial charge in [0.1, 0.15) is 17.6 Å². The summed E-state index contributed by atoms with van der Waals surface area (Å²) in [6.45, 7) is 8.47. The van der Waals surface area contributed by atoms with E-state index >= 15 is 0 Å². The first-order valence-electron chi connectivity index (χ1n) is 13.5. The first-order chi connectivity index (χ1) is 17.9. The van der Waals surface area contributed by atoms with Crippen LogP contribution in [0.25, 0.3) is 0 Å². The van der Waals surface area contributed by atoms with Crippen LogP contribution < -0.4 is 20.1 Å². The van der Waals surface area contributed by atoms with Gasteiger partial charge in [-0.05, 0) is 56.9 Å². The molecule has 208 valence electrons. The fourth-order valence-electron chi connectivity index (χ4n) is 5.18. The molecular formula is C29H41N3O6. The van der Waals surface area contributed by atoms with Gasteiger partial charge in [0.25, 0.3) is 5.91 Å². The molecule has 0 bridgehead atoms. The number of hydrogen-bond donors (Lipinski definition) is 3. The van der Waals surface area contributed by atoms with Gasteiger partial charge in [0.2, 0.25) is 5.91 Å². The van der Waals surface area contributed by atoms with Gasteiger partial charge < -0.3 is 25.2 Å². The highest BCUT2D eigenvalue weighted by Crippen LogP contribution is 2.39. The summed E-state index contributed by atoms with van der Waals surface area (Å²) in [6, 6.07) is 4.81. The lowest BCUT2D eigenvalue weighted by atomic mass is 9.75. The maximum Gasteiger partial charge on any atom is 0.309 e. The minimum absolute atomic E-state index is 0.0418. The van der Waals surface area contributed by atoms with Crippen LogP contribution >= 0.6 is 0 Å². The summed E-state index contributed by atoms with van der Waals surface area (Å²) in [5.41, 5.74) is -0.354. The number of carbonyl (C=O) groups is 3. The third-order valence-corrected chi connectivity index (χ3v) is 7.73. The largest absolute Gasteiger partial charge is 0.496 e. The molecule has 0 aliphatic heterocycles. The predicted molar refractivity (Wildman–Crippen MR) is 142 cm³/mol. The Morgan fingerprint density at radius 3 is 2.34 bits per heavy atom. The van der Waals surface area contributed by atoms with Crippen LogP contribution in [0.2, 0.25) is 0 Å². The van der Waals surface area contributed by atoms with Gasteiger partial charge in [-0.2, -0.15) is 5.26 Å². The Morgan fingerprint density at radius 2 is 1.76 bits per heavy atom. The first-order valence-corrected chi connectivity index (χ1v) is 13.5. The third kappa shape index (κ3) is 7.18. The van der Waals surface area contributed by atoms with Gasteiger partial charge in [-0.1, -0.05) is 33.6 Å². The van der Waals surface area contributed by atoms with E-state index < -0.39 is 11.4 Å². The number of nitrogens with one attached hydrogen (secondary N) is 2. The van der Waals surface area contributed by atoms with Crippen molar-refractivity contribution in [2.75, 3.05) is 13.7 Å². The van der Waals surface area contributed by atoms with Crippen molar-refractivity contribution in [3.05, 3.63) is 23.3 Å². The third-order valence-electron chi connectivity index (χ3n) is 7.73. The van der Waals surface area contributed by atoms with E-state index in [-0.39, 0.29) is 57.9 Å². The number of aliphatic carboxylic acids is 1. The number of rotatable bonds is 8. The molecule has 1 aromatic carbocycles. The second-order valence-corrected chi connectivity index (χ2v) is 12.1. The number of carboxylic acid groups (broad SMARTS) is 1. The van der Waals surface area contributed by atoms with Gasteiger partial charge in [0.05, 0.1) is 35.7 Å². The second-order valence-electron chi connectivity index (χ2n) is 12.1. The highest BCUT2D eigenvalue weighted by molar-refractivity contribution is 5.98. The van der Waals surface area contributed by atoms with Gasteiger partial charge >= 0.3 is 5.97 Å². The van der Waals surface area contributed by atoms with Crippen LogP contribution in [0.1, 0.15) is 95.0 Å². The number of nitriles is 1. The molecular weight excluding hydrogens is 486 g/mol. The number of amides is 2. The maximum atomic E-state index is 13.5. The zero-order valence-electron chi connectivity index (χ0n) is 23.2. The van der Waals surface area contributed by atoms with Gasteiger partial charge in [0, 0.05) is 18.7 Å². The average molecular weight is 528 g/mol. The van der Waals surface area contributed by atoms with Crippen LogP contribution in [0, 0.1) is 28.1 Å². The van der Waals surface area contributed by atoms with Gasteiger partial charge in [-0.25, -0.2) is 0 Å². The molecule has 2 atom stereocenters. The SMILES string of the molecule is COc1cc(C#N)c(O[C@H]2CC[C@@](C)(C(=O)O)CC2)cc1C(=O)N[C@@H]1CCCC[C@@H]1C(=O)NCC(C)(C)C. The fourth-order valence-corrected chi connectivity index (χ4v) is 5.18. The molecule has 2 saturated carbocycles. The standard InChI is InChI=1S/C29H41N3O6/c1-28(2,3)17-31-25(33)20-8-6-7-9-22(20)32-26(34)21-15-23(18(16-30)14-24(21)37-5)38-19-10-12-29(4,13-11-19)27(35)36/h14-15,19-20,22H,6-13,17H2,1-5H3,(H,31,33)(H,32,34)(H,35,36)/t19-,20-,22+,29+/m0/s1. The number of carbonyl (C=O) groups excluding carboxylic acids is 2. The van der Waals surface area contributed by atoms with Crippen molar-refractivity contribution in [1.82, 2.24) is 10.6 Å². The summed E-state index contributed by atoms with van der Waals surface area (Å²) in [5.74, 6) is -1.06. The molecule has 3 rings (SSSR count). The van der Waals surface area contributed by atoms with E-state index in [1.54, 1.807) is 6.92 Å². The molecule has 0 heterocycles. The Morgan fingerprint density at radius 1 is 1.11 bits per heavy atom. The van der Waals surface area contributed by atoms with Gasteiger partial charge in [-0.15, -0.1) is 0 Å². The van der Waals surface area contributed by atoms with Crippen molar-refractivity contribution in [1.29, 1.82) is 5.26 Å². The molecule has 2 aliphatic carbocycles.